The predicted octanol–water partition coefficient (Wildman–Crippen LogP) is 1.39. The van der Waals surface area contributed by atoms with Crippen molar-refractivity contribution >= 4 is 29.6 Å². The average Bonchev–Trinajstić information content (AvgIpc) is 3.61. The number of pyridine rings is 1. The molecule has 0 bridgehead atoms. The second-order valence-corrected chi connectivity index (χ2v) is 11.9. The van der Waals surface area contributed by atoms with Crippen LogP contribution in [0.15, 0.2) is 24.5 Å². The first-order valence-electron chi connectivity index (χ1n) is 14.5. The fraction of sp³-hybridized carbons (Fsp3) is 0.655. The Hall–Kier alpha value is -3.70. The normalized spacial score (nSPS) is 23.3. The van der Waals surface area contributed by atoms with Crippen LogP contribution in [0.5, 0.6) is 5.75 Å². The van der Waals surface area contributed by atoms with E-state index in [-0.39, 0.29) is 30.7 Å². The molecule has 224 valence electrons. The molecule has 1 aliphatic heterocycles. The minimum Gasteiger partial charge on any atom is -0.487 e. The maximum Gasteiger partial charge on any atom is 0.329 e. The van der Waals surface area contributed by atoms with E-state index in [9.17, 15) is 29.1 Å². The quantitative estimate of drug-likeness (QED) is 0.309. The van der Waals surface area contributed by atoms with Crippen molar-refractivity contribution in [3.8, 4) is 5.75 Å². The molecule has 0 radical (unpaired) electrons. The van der Waals surface area contributed by atoms with Crippen LogP contribution in [0.4, 0.5) is 0 Å². The predicted molar refractivity (Wildman–Crippen MR) is 147 cm³/mol. The zero-order valence-electron chi connectivity index (χ0n) is 23.9. The summed E-state index contributed by atoms with van der Waals surface area (Å²) in [6, 6.07) is 0.726. The highest BCUT2D eigenvalue weighted by Gasteiger charge is 2.54. The number of aliphatic carboxylic acids is 1. The number of carboxylic acids is 1. The van der Waals surface area contributed by atoms with Gasteiger partial charge in [0.15, 0.2) is 0 Å². The third kappa shape index (κ3) is 7.34. The van der Waals surface area contributed by atoms with Crippen LogP contribution in [0.3, 0.4) is 0 Å². The fourth-order valence-electron chi connectivity index (χ4n) is 5.84. The van der Waals surface area contributed by atoms with Crippen molar-refractivity contribution in [1.29, 1.82) is 0 Å². The fourth-order valence-corrected chi connectivity index (χ4v) is 5.84. The SMILES string of the molecule is CC(=O)N[C@H](C(=O)N[C@H](C(=O)N1C[C@H](Oc2cccnc2)C[C@H]1C(=O)NC1(C(=O)O)CC1)C(C)C)C1CCCCC1. The molecule has 2 saturated carbocycles. The number of carbonyl (C=O) groups excluding carboxylic acids is 4. The number of rotatable bonds is 11. The summed E-state index contributed by atoms with van der Waals surface area (Å²) in [6.45, 7) is 5.04. The first-order valence-corrected chi connectivity index (χ1v) is 14.5. The first kappa shape index (κ1) is 30.3. The summed E-state index contributed by atoms with van der Waals surface area (Å²) in [4.78, 5) is 70.1. The van der Waals surface area contributed by atoms with Crippen molar-refractivity contribution in [2.24, 2.45) is 11.8 Å². The minimum atomic E-state index is -1.31. The smallest absolute Gasteiger partial charge is 0.329 e. The second kappa shape index (κ2) is 12.9. The van der Waals surface area contributed by atoms with E-state index in [0.29, 0.717) is 18.6 Å². The van der Waals surface area contributed by atoms with Crippen LogP contribution in [-0.4, -0.2) is 80.9 Å². The summed E-state index contributed by atoms with van der Waals surface area (Å²) in [5, 5.41) is 17.9. The van der Waals surface area contributed by atoms with Gasteiger partial charge in [0.2, 0.25) is 23.6 Å². The lowest BCUT2D eigenvalue weighted by Gasteiger charge is -2.34. The van der Waals surface area contributed by atoms with Crippen LogP contribution in [-0.2, 0) is 24.0 Å². The molecule has 0 spiro atoms. The Balaban J connectivity index is 1.54. The maximum absolute atomic E-state index is 14.0. The van der Waals surface area contributed by atoms with Crippen molar-refractivity contribution in [3.05, 3.63) is 24.5 Å². The number of carboxylic acid groups (broad SMARTS) is 1. The monoisotopic (exact) mass is 571 g/mol. The van der Waals surface area contributed by atoms with E-state index in [1.54, 1.807) is 32.2 Å². The van der Waals surface area contributed by atoms with Gasteiger partial charge in [0.25, 0.3) is 0 Å². The lowest BCUT2D eigenvalue weighted by Crippen LogP contribution is -2.60. The van der Waals surface area contributed by atoms with Gasteiger partial charge in [0, 0.05) is 19.5 Å². The lowest BCUT2D eigenvalue weighted by molar-refractivity contribution is -0.146. The molecule has 1 aromatic heterocycles. The van der Waals surface area contributed by atoms with Crippen LogP contribution >= 0.6 is 0 Å². The second-order valence-electron chi connectivity index (χ2n) is 11.9. The molecule has 4 atom stereocenters. The molecule has 0 unspecified atom stereocenters. The van der Waals surface area contributed by atoms with Gasteiger partial charge in [-0.05, 0) is 49.7 Å². The van der Waals surface area contributed by atoms with Gasteiger partial charge in [-0.1, -0.05) is 33.1 Å². The average molecular weight is 572 g/mol. The topological polar surface area (TPSA) is 167 Å². The van der Waals surface area contributed by atoms with Crippen molar-refractivity contribution in [2.45, 2.75) is 102 Å². The van der Waals surface area contributed by atoms with Crippen LogP contribution in [0.1, 0.15) is 72.1 Å². The third-order valence-electron chi connectivity index (χ3n) is 8.30. The Morgan fingerprint density at radius 2 is 1.80 bits per heavy atom. The van der Waals surface area contributed by atoms with Crippen LogP contribution in [0, 0.1) is 11.8 Å². The molecule has 0 aromatic carbocycles. The Kier molecular flexibility index (Phi) is 9.49. The molecular weight excluding hydrogens is 530 g/mol. The molecule has 4 amide bonds. The zero-order valence-corrected chi connectivity index (χ0v) is 23.9. The van der Waals surface area contributed by atoms with Crippen LogP contribution in [0.25, 0.3) is 0 Å². The van der Waals surface area contributed by atoms with E-state index >= 15 is 0 Å². The number of carbonyl (C=O) groups is 5. The summed E-state index contributed by atoms with van der Waals surface area (Å²) in [5.74, 6) is -2.75. The highest BCUT2D eigenvalue weighted by molar-refractivity contribution is 5.96. The molecule has 2 heterocycles. The molecular formula is C29H41N5O7. The van der Waals surface area contributed by atoms with Crippen molar-refractivity contribution in [1.82, 2.24) is 25.8 Å². The molecule has 2 aliphatic carbocycles. The van der Waals surface area contributed by atoms with Gasteiger partial charge in [-0.15, -0.1) is 0 Å². The molecule has 1 aromatic rings. The third-order valence-corrected chi connectivity index (χ3v) is 8.30. The number of hydrogen-bond donors (Lipinski definition) is 4. The number of ether oxygens (including phenoxy) is 1. The van der Waals surface area contributed by atoms with Gasteiger partial charge in [0.1, 0.15) is 35.5 Å². The Morgan fingerprint density at radius 3 is 2.37 bits per heavy atom. The number of nitrogens with zero attached hydrogens (tertiary/aromatic N) is 2. The molecule has 41 heavy (non-hydrogen) atoms. The summed E-state index contributed by atoms with van der Waals surface area (Å²) in [6.07, 6.45) is 8.04. The molecule has 12 heteroatoms. The molecule has 1 saturated heterocycles. The van der Waals surface area contributed by atoms with E-state index in [4.69, 9.17) is 4.74 Å². The Labute approximate surface area is 240 Å². The lowest BCUT2D eigenvalue weighted by atomic mass is 9.83. The standard InChI is InChI=1S/C29H41N5O7/c1-17(2)23(32-26(37)24(31-18(3)35)19-8-5-4-6-9-19)27(38)34-16-21(41-20-10-7-13-30-15-20)14-22(34)25(36)33-29(11-12-29)28(39)40/h7,10,13,15,17,19,21-24H,4-6,8-9,11-12,14,16H2,1-3H3,(H,31,35)(H,32,37)(H,33,36)(H,39,40)/t21-,22+,23+,24+/m1/s1. The molecule has 4 rings (SSSR count). The summed E-state index contributed by atoms with van der Waals surface area (Å²) in [5.41, 5.74) is -1.31. The van der Waals surface area contributed by atoms with E-state index in [1.807, 2.05) is 0 Å². The molecule has 3 fully saturated rings. The number of likely N-dealkylation sites (tertiary alicyclic amines) is 1. The summed E-state index contributed by atoms with van der Waals surface area (Å²) < 4.78 is 6.02. The molecule has 4 N–H and O–H groups in total. The van der Waals surface area contributed by atoms with Gasteiger partial charge >= 0.3 is 5.97 Å². The Morgan fingerprint density at radius 1 is 1.10 bits per heavy atom. The summed E-state index contributed by atoms with van der Waals surface area (Å²) in [7, 11) is 0. The highest BCUT2D eigenvalue weighted by atomic mass is 16.5. The van der Waals surface area contributed by atoms with E-state index < -0.39 is 53.5 Å². The number of nitrogens with one attached hydrogen (secondary N) is 3. The van der Waals surface area contributed by atoms with Crippen molar-refractivity contribution in [3.63, 3.8) is 0 Å². The first-order chi connectivity index (χ1) is 19.5. The number of hydrogen-bond acceptors (Lipinski definition) is 7. The highest BCUT2D eigenvalue weighted by Crippen LogP contribution is 2.36. The van der Waals surface area contributed by atoms with Gasteiger partial charge in [-0.2, -0.15) is 0 Å². The van der Waals surface area contributed by atoms with Gasteiger partial charge in [0.05, 0.1) is 12.7 Å². The summed E-state index contributed by atoms with van der Waals surface area (Å²) >= 11 is 0. The minimum absolute atomic E-state index is 0.0242. The Bertz CT molecular complexity index is 1130. The number of amides is 4. The van der Waals surface area contributed by atoms with Gasteiger partial charge in [-0.25, -0.2) is 4.79 Å². The van der Waals surface area contributed by atoms with Crippen LogP contribution < -0.4 is 20.7 Å². The van der Waals surface area contributed by atoms with Crippen molar-refractivity contribution < 1.29 is 33.8 Å². The molecule has 12 nitrogen and oxygen atoms in total. The van der Waals surface area contributed by atoms with Crippen molar-refractivity contribution in [2.75, 3.05) is 6.54 Å². The number of aromatic nitrogens is 1. The van der Waals surface area contributed by atoms with Crippen LogP contribution in [0.2, 0.25) is 0 Å². The van der Waals surface area contributed by atoms with Gasteiger partial charge in [-0.3, -0.25) is 24.2 Å². The maximum atomic E-state index is 14.0. The largest absolute Gasteiger partial charge is 0.487 e. The van der Waals surface area contributed by atoms with E-state index in [0.717, 1.165) is 32.1 Å². The van der Waals surface area contributed by atoms with E-state index in [1.165, 1.54) is 18.0 Å². The zero-order chi connectivity index (χ0) is 29.7. The van der Waals surface area contributed by atoms with E-state index in [2.05, 4.69) is 20.9 Å². The van der Waals surface area contributed by atoms with Gasteiger partial charge < -0.3 is 30.7 Å². The molecule has 3 aliphatic rings.